The minimum absolute atomic E-state index is 0.0276. The summed E-state index contributed by atoms with van der Waals surface area (Å²) in [5.74, 6) is 1.30. The Labute approximate surface area is 143 Å². The normalized spacial score (nSPS) is 15.0. The number of hydrogen-bond acceptors (Lipinski definition) is 3. The number of hydrogen-bond donors (Lipinski definition) is 0. The van der Waals surface area contributed by atoms with Crippen LogP contribution in [0.5, 0.6) is 11.5 Å². The molecule has 1 heterocycles. The molecule has 0 radical (unpaired) electrons. The molecule has 0 aliphatic carbocycles. The van der Waals surface area contributed by atoms with Gasteiger partial charge in [0, 0.05) is 29.8 Å². The molecule has 0 unspecified atom stereocenters. The average Bonchev–Trinajstić information content (AvgIpc) is 2.80. The quantitative estimate of drug-likeness (QED) is 0.763. The van der Waals surface area contributed by atoms with Crippen molar-refractivity contribution in [3.8, 4) is 11.5 Å². The van der Waals surface area contributed by atoms with Crippen molar-refractivity contribution in [2.24, 2.45) is 0 Å². The second-order valence-electron chi connectivity index (χ2n) is 5.17. The Morgan fingerprint density at radius 2 is 1.78 bits per heavy atom. The number of likely N-dealkylation sites (N-methyl/N-ethyl adjacent to an activating group) is 1. The Balaban J connectivity index is 2.16. The second-order valence-corrected chi connectivity index (χ2v) is 6.02. The van der Waals surface area contributed by atoms with Gasteiger partial charge in [0.15, 0.2) is 0 Å². The van der Waals surface area contributed by atoms with Gasteiger partial charge in [-0.2, -0.15) is 0 Å². The third-order valence-electron chi connectivity index (χ3n) is 3.89. The summed E-state index contributed by atoms with van der Waals surface area (Å²) in [5, 5.41) is 0. The van der Waals surface area contributed by atoms with E-state index in [2.05, 4.69) is 15.9 Å². The number of rotatable bonds is 3. The van der Waals surface area contributed by atoms with Crippen molar-refractivity contribution in [3.63, 3.8) is 0 Å². The number of amides is 1. The number of nitrogens with zero attached hydrogens (tertiary/aromatic N) is 1. The van der Waals surface area contributed by atoms with Gasteiger partial charge in [-0.05, 0) is 34.1 Å². The first-order chi connectivity index (χ1) is 11.1. The molecule has 0 spiro atoms. The fourth-order valence-corrected chi connectivity index (χ4v) is 3.21. The van der Waals surface area contributed by atoms with Crippen LogP contribution in [0.1, 0.15) is 11.1 Å². The molecule has 0 fully saturated rings. The smallest absolute Gasteiger partial charge is 0.258 e. The van der Waals surface area contributed by atoms with Gasteiger partial charge < -0.3 is 14.4 Å². The summed E-state index contributed by atoms with van der Waals surface area (Å²) in [4.78, 5) is 14.2. The van der Waals surface area contributed by atoms with E-state index in [9.17, 15) is 4.79 Å². The molecule has 118 valence electrons. The van der Waals surface area contributed by atoms with E-state index in [1.807, 2.05) is 36.4 Å². The van der Waals surface area contributed by atoms with E-state index in [0.717, 1.165) is 21.3 Å². The number of para-hydroxylation sites is 1. The standard InChI is InChI=1S/C18H16BrNO3/c1-20-15-7-5-4-6-12(15)13(18(20)21)8-11-9-14(19)17(23-3)10-16(11)22-2/h4-10H,1-3H3/b13-8+. The molecule has 0 bridgehead atoms. The van der Waals surface area contributed by atoms with Crippen LogP contribution in [-0.2, 0) is 4.79 Å². The zero-order valence-corrected chi connectivity index (χ0v) is 14.7. The van der Waals surface area contributed by atoms with Crippen molar-refractivity contribution in [1.82, 2.24) is 0 Å². The fraction of sp³-hybridized carbons (Fsp3) is 0.167. The zero-order chi connectivity index (χ0) is 16.6. The van der Waals surface area contributed by atoms with Crippen LogP contribution < -0.4 is 14.4 Å². The summed E-state index contributed by atoms with van der Waals surface area (Å²) in [6.45, 7) is 0. The molecule has 1 aliphatic rings. The monoisotopic (exact) mass is 373 g/mol. The number of benzene rings is 2. The van der Waals surface area contributed by atoms with Crippen LogP contribution in [0.2, 0.25) is 0 Å². The van der Waals surface area contributed by atoms with E-state index in [0.29, 0.717) is 17.1 Å². The van der Waals surface area contributed by atoms with Gasteiger partial charge in [0.05, 0.1) is 24.4 Å². The molecule has 23 heavy (non-hydrogen) atoms. The zero-order valence-electron chi connectivity index (χ0n) is 13.1. The van der Waals surface area contributed by atoms with Crippen molar-refractivity contribution >= 4 is 39.2 Å². The number of ether oxygens (including phenoxy) is 2. The molecule has 0 aromatic heterocycles. The minimum atomic E-state index is -0.0276. The Kier molecular flexibility index (Phi) is 4.13. The highest BCUT2D eigenvalue weighted by Crippen LogP contribution is 2.39. The molecule has 0 atom stereocenters. The lowest BCUT2D eigenvalue weighted by molar-refractivity contribution is -0.112. The summed E-state index contributed by atoms with van der Waals surface area (Å²) in [6, 6.07) is 11.4. The highest BCUT2D eigenvalue weighted by atomic mass is 79.9. The lowest BCUT2D eigenvalue weighted by Crippen LogP contribution is -2.20. The molecule has 1 aliphatic heterocycles. The Morgan fingerprint density at radius 3 is 2.48 bits per heavy atom. The molecule has 0 N–H and O–H groups in total. The van der Waals surface area contributed by atoms with Gasteiger partial charge in [-0.1, -0.05) is 18.2 Å². The van der Waals surface area contributed by atoms with Crippen LogP contribution in [0.3, 0.4) is 0 Å². The van der Waals surface area contributed by atoms with Crippen LogP contribution in [0.25, 0.3) is 11.6 Å². The van der Waals surface area contributed by atoms with E-state index in [1.165, 1.54) is 0 Å². The number of carbonyl (C=O) groups excluding carboxylic acids is 1. The van der Waals surface area contributed by atoms with Crippen LogP contribution in [0.15, 0.2) is 40.9 Å². The van der Waals surface area contributed by atoms with E-state index >= 15 is 0 Å². The maximum Gasteiger partial charge on any atom is 0.258 e. The molecular weight excluding hydrogens is 358 g/mol. The van der Waals surface area contributed by atoms with E-state index in [-0.39, 0.29) is 5.91 Å². The predicted molar refractivity (Wildman–Crippen MR) is 95.0 cm³/mol. The van der Waals surface area contributed by atoms with Crippen molar-refractivity contribution < 1.29 is 14.3 Å². The van der Waals surface area contributed by atoms with Gasteiger partial charge in [0.25, 0.3) is 5.91 Å². The first kappa shape index (κ1) is 15.6. The Morgan fingerprint density at radius 1 is 1.09 bits per heavy atom. The first-order valence-corrected chi connectivity index (χ1v) is 7.86. The molecule has 5 heteroatoms. The molecule has 2 aromatic rings. The molecule has 3 rings (SSSR count). The SMILES string of the molecule is COc1cc(OC)c(/C=C2/C(=O)N(C)c3ccccc32)cc1Br. The minimum Gasteiger partial charge on any atom is -0.496 e. The van der Waals surface area contributed by atoms with Crippen LogP contribution in [0.4, 0.5) is 5.69 Å². The summed E-state index contributed by atoms with van der Waals surface area (Å²) >= 11 is 3.47. The Hall–Kier alpha value is -2.27. The van der Waals surface area contributed by atoms with Gasteiger partial charge in [-0.15, -0.1) is 0 Å². The van der Waals surface area contributed by atoms with Crippen molar-refractivity contribution in [2.45, 2.75) is 0 Å². The summed E-state index contributed by atoms with van der Waals surface area (Å²) < 4.78 is 11.5. The maximum absolute atomic E-state index is 12.6. The maximum atomic E-state index is 12.6. The van der Waals surface area contributed by atoms with E-state index < -0.39 is 0 Å². The van der Waals surface area contributed by atoms with Crippen LogP contribution in [0, 0.1) is 0 Å². The third kappa shape index (κ3) is 2.61. The molecule has 4 nitrogen and oxygen atoms in total. The number of methoxy groups -OCH3 is 2. The third-order valence-corrected chi connectivity index (χ3v) is 4.51. The van der Waals surface area contributed by atoms with Gasteiger partial charge in [-0.25, -0.2) is 0 Å². The van der Waals surface area contributed by atoms with Crippen LogP contribution in [-0.4, -0.2) is 27.2 Å². The van der Waals surface area contributed by atoms with E-state index in [4.69, 9.17) is 9.47 Å². The second kappa shape index (κ2) is 6.08. The van der Waals surface area contributed by atoms with Crippen LogP contribution >= 0.6 is 15.9 Å². The molecular formula is C18H16BrNO3. The predicted octanol–water partition coefficient (Wildman–Crippen LogP) is 3.98. The number of halogens is 1. The largest absolute Gasteiger partial charge is 0.496 e. The molecule has 1 amide bonds. The van der Waals surface area contributed by atoms with Crippen molar-refractivity contribution in [2.75, 3.05) is 26.2 Å². The summed E-state index contributed by atoms with van der Waals surface area (Å²) in [5.41, 5.74) is 3.30. The highest BCUT2D eigenvalue weighted by Gasteiger charge is 2.29. The van der Waals surface area contributed by atoms with Gasteiger partial charge >= 0.3 is 0 Å². The summed E-state index contributed by atoms with van der Waals surface area (Å²) in [6.07, 6.45) is 1.85. The first-order valence-electron chi connectivity index (χ1n) is 7.07. The topological polar surface area (TPSA) is 38.8 Å². The summed E-state index contributed by atoms with van der Waals surface area (Å²) in [7, 11) is 4.98. The molecule has 2 aromatic carbocycles. The number of anilines is 1. The lowest BCUT2D eigenvalue weighted by atomic mass is 10.0. The fourth-order valence-electron chi connectivity index (χ4n) is 2.69. The van der Waals surface area contributed by atoms with Crippen molar-refractivity contribution in [1.29, 1.82) is 0 Å². The van der Waals surface area contributed by atoms with E-state index in [1.54, 1.807) is 32.2 Å². The number of carbonyl (C=O) groups is 1. The number of fused-ring (bicyclic) bond motifs is 1. The van der Waals surface area contributed by atoms with Gasteiger partial charge in [0.2, 0.25) is 0 Å². The highest BCUT2D eigenvalue weighted by molar-refractivity contribution is 9.10. The Bertz CT molecular complexity index is 814. The van der Waals surface area contributed by atoms with Gasteiger partial charge in [-0.3, -0.25) is 4.79 Å². The van der Waals surface area contributed by atoms with Gasteiger partial charge in [0.1, 0.15) is 11.5 Å². The molecule has 0 saturated heterocycles. The molecule has 0 saturated carbocycles. The average molecular weight is 374 g/mol. The lowest BCUT2D eigenvalue weighted by Gasteiger charge is -2.10. The van der Waals surface area contributed by atoms with Crippen molar-refractivity contribution in [3.05, 3.63) is 52.0 Å².